The first-order valence-electron chi connectivity index (χ1n) is 5.24. The van der Waals surface area contributed by atoms with Crippen LogP contribution < -0.4 is 5.32 Å². The van der Waals surface area contributed by atoms with Gasteiger partial charge in [-0.3, -0.25) is 0 Å². The van der Waals surface area contributed by atoms with Crippen molar-refractivity contribution >= 4 is 11.6 Å². The second-order valence-electron chi connectivity index (χ2n) is 4.65. The molecular formula is C12H15ClFN. The highest BCUT2D eigenvalue weighted by molar-refractivity contribution is 6.31. The fourth-order valence-corrected chi connectivity index (χ4v) is 1.79. The minimum absolute atomic E-state index is 0.280. The second kappa shape index (κ2) is 4.11. The number of rotatable bonds is 4. The van der Waals surface area contributed by atoms with Crippen LogP contribution in [0.15, 0.2) is 18.2 Å². The van der Waals surface area contributed by atoms with E-state index in [1.54, 1.807) is 6.07 Å². The molecule has 1 N–H and O–H groups in total. The monoisotopic (exact) mass is 227 g/mol. The van der Waals surface area contributed by atoms with Gasteiger partial charge in [-0.25, -0.2) is 4.39 Å². The summed E-state index contributed by atoms with van der Waals surface area (Å²) < 4.78 is 12.8. The predicted molar refractivity (Wildman–Crippen MR) is 60.5 cm³/mol. The van der Waals surface area contributed by atoms with Crippen LogP contribution in [0.3, 0.4) is 0 Å². The normalized spacial score (nSPS) is 17.8. The molecule has 0 heterocycles. The lowest BCUT2D eigenvalue weighted by Crippen LogP contribution is -2.21. The third kappa shape index (κ3) is 2.93. The van der Waals surface area contributed by atoms with Gasteiger partial charge in [-0.2, -0.15) is 0 Å². The summed E-state index contributed by atoms with van der Waals surface area (Å²) >= 11 is 5.92. The largest absolute Gasteiger partial charge is 0.312 e. The molecule has 1 nitrogen and oxygen atoms in total. The Morgan fingerprint density at radius 1 is 1.47 bits per heavy atom. The van der Waals surface area contributed by atoms with Gasteiger partial charge in [0.2, 0.25) is 0 Å². The lowest BCUT2D eigenvalue weighted by molar-refractivity contribution is 0.499. The van der Waals surface area contributed by atoms with Crippen molar-refractivity contribution in [2.24, 2.45) is 5.41 Å². The van der Waals surface area contributed by atoms with Crippen LogP contribution >= 0.6 is 11.6 Å². The molecule has 1 aromatic carbocycles. The molecular weight excluding hydrogens is 213 g/mol. The van der Waals surface area contributed by atoms with E-state index in [0.717, 1.165) is 12.1 Å². The fraction of sp³-hybridized carbons (Fsp3) is 0.500. The molecule has 3 heteroatoms. The van der Waals surface area contributed by atoms with Crippen LogP contribution in [0.4, 0.5) is 4.39 Å². The van der Waals surface area contributed by atoms with Crippen LogP contribution in [0.2, 0.25) is 5.02 Å². The highest BCUT2D eigenvalue weighted by Crippen LogP contribution is 2.44. The molecule has 0 aromatic heterocycles. The van der Waals surface area contributed by atoms with Crippen molar-refractivity contribution in [2.75, 3.05) is 6.54 Å². The summed E-state index contributed by atoms with van der Waals surface area (Å²) in [6.07, 6.45) is 2.61. The Morgan fingerprint density at radius 2 is 2.20 bits per heavy atom. The molecule has 1 saturated carbocycles. The minimum atomic E-state index is -0.280. The van der Waals surface area contributed by atoms with Gasteiger partial charge in [0.15, 0.2) is 0 Å². The van der Waals surface area contributed by atoms with Gasteiger partial charge in [0.1, 0.15) is 5.82 Å². The van der Waals surface area contributed by atoms with Gasteiger partial charge in [-0.15, -0.1) is 0 Å². The Kier molecular flexibility index (Phi) is 2.98. The molecule has 1 aromatic rings. The highest BCUT2D eigenvalue weighted by atomic mass is 35.5. The van der Waals surface area contributed by atoms with E-state index in [1.165, 1.54) is 25.0 Å². The van der Waals surface area contributed by atoms with Crippen molar-refractivity contribution in [3.8, 4) is 0 Å². The fourth-order valence-electron chi connectivity index (χ4n) is 1.55. The van der Waals surface area contributed by atoms with Gasteiger partial charge in [-0.1, -0.05) is 24.6 Å². The van der Waals surface area contributed by atoms with Crippen LogP contribution in [-0.4, -0.2) is 6.54 Å². The van der Waals surface area contributed by atoms with Crippen LogP contribution in [0, 0.1) is 11.2 Å². The third-order valence-electron chi connectivity index (χ3n) is 2.99. The molecule has 1 aliphatic carbocycles. The Hall–Kier alpha value is -0.600. The average molecular weight is 228 g/mol. The average Bonchev–Trinajstić information content (AvgIpc) is 2.88. The summed E-state index contributed by atoms with van der Waals surface area (Å²) in [5.41, 5.74) is 1.45. The Morgan fingerprint density at radius 3 is 2.80 bits per heavy atom. The van der Waals surface area contributed by atoms with Crippen molar-refractivity contribution in [3.63, 3.8) is 0 Å². The van der Waals surface area contributed by atoms with E-state index in [1.807, 2.05) is 0 Å². The smallest absolute Gasteiger partial charge is 0.124 e. The van der Waals surface area contributed by atoms with Gasteiger partial charge in [0.05, 0.1) is 0 Å². The van der Waals surface area contributed by atoms with Crippen molar-refractivity contribution in [1.29, 1.82) is 0 Å². The molecule has 0 spiro atoms. The molecule has 0 atom stereocenters. The molecule has 1 aliphatic rings. The molecule has 1 fully saturated rings. The quantitative estimate of drug-likeness (QED) is 0.832. The zero-order valence-electron chi connectivity index (χ0n) is 8.82. The summed E-state index contributed by atoms with van der Waals surface area (Å²) in [5.74, 6) is -0.280. The standard InChI is InChI=1S/C12H15ClFN/c1-12(4-5-12)8-15-7-9-2-3-10(14)6-11(9)13/h2-3,6,15H,4-5,7-8H2,1H3. The molecule has 0 radical (unpaired) electrons. The van der Waals surface area contributed by atoms with E-state index in [0.29, 0.717) is 17.0 Å². The number of hydrogen-bond acceptors (Lipinski definition) is 1. The first kappa shape index (κ1) is 10.9. The Bertz CT molecular complexity index is 361. The van der Waals surface area contributed by atoms with Crippen LogP contribution in [-0.2, 0) is 6.54 Å². The maximum absolute atomic E-state index is 12.8. The minimum Gasteiger partial charge on any atom is -0.312 e. The molecule has 0 saturated heterocycles. The SMILES string of the molecule is CC1(CNCc2ccc(F)cc2Cl)CC1. The Balaban J connectivity index is 1.87. The number of hydrogen-bond donors (Lipinski definition) is 1. The molecule has 2 rings (SSSR count). The van der Waals surface area contributed by atoms with E-state index in [9.17, 15) is 4.39 Å². The van der Waals surface area contributed by atoms with Gasteiger partial charge in [0.25, 0.3) is 0 Å². The van der Waals surface area contributed by atoms with E-state index in [2.05, 4.69) is 12.2 Å². The van der Waals surface area contributed by atoms with E-state index >= 15 is 0 Å². The summed E-state index contributed by atoms with van der Waals surface area (Å²) in [6.45, 7) is 4.00. The van der Waals surface area contributed by atoms with Gasteiger partial charge in [-0.05, 0) is 36.0 Å². The topological polar surface area (TPSA) is 12.0 Å². The highest BCUT2D eigenvalue weighted by Gasteiger charge is 2.36. The molecule has 0 amide bonds. The van der Waals surface area contributed by atoms with E-state index in [4.69, 9.17) is 11.6 Å². The Labute approximate surface area is 94.6 Å². The van der Waals surface area contributed by atoms with E-state index in [-0.39, 0.29) is 5.82 Å². The lowest BCUT2D eigenvalue weighted by Gasteiger charge is -2.10. The number of nitrogens with one attached hydrogen (secondary N) is 1. The maximum atomic E-state index is 12.8. The molecule has 0 unspecified atom stereocenters. The number of halogens is 2. The van der Waals surface area contributed by atoms with Crippen LogP contribution in [0.25, 0.3) is 0 Å². The van der Waals surface area contributed by atoms with Crippen molar-refractivity contribution in [3.05, 3.63) is 34.6 Å². The van der Waals surface area contributed by atoms with Crippen molar-refractivity contribution in [1.82, 2.24) is 5.32 Å². The summed E-state index contributed by atoms with van der Waals surface area (Å²) in [7, 11) is 0. The van der Waals surface area contributed by atoms with Gasteiger partial charge in [0, 0.05) is 18.1 Å². The van der Waals surface area contributed by atoms with Gasteiger partial charge >= 0.3 is 0 Å². The molecule has 0 aliphatic heterocycles. The second-order valence-corrected chi connectivity index (χ2v) is 5.06. The van der Waals surface area contributed by atoms with E-state index < -0.39 is 0 Å². The van der Waals surface area contributed by atoms with Crippen LogP contribution in [0.5, 0.6) is 0 Å². The predicted octanol–water partition coefficient (Wildman–Crippen LogP) is 3.37. The molecule has 0 bridgehead atoms. The summed E-state index contributed by atoms with van der Waals surface area (Å²) in [5, 5.41) is 3.86. The first-order valence-corrected chi connectivity index (χ1v) is 5.62. The number of benzene rings is 1. The molecule has 82 valence electrons. The van der Waals surface area contributed by atoms with Crippen molar-refractivity contribution < 1.29 is 4.39 Å². The van der Waals surface area contributed by atoms with Crippen molar-refractivity contribution in [2.45, 2.75) is 26.3 Å². The first-order chi connectivity index (χ1) is 7.09. The zero-order chi connectivity index (χ0) is 10.9. The van der Waals surface area contributed by atoms with Crippen LogP contribution in [0.1, 0.15) is 25.3 Å². The summed E-state index contributed by atoms with van der Waals surface area (Å²) in [6, 6.07) is 4.54. The maximum Gasteiger partial charge on any atom is 0.124 e. The zero-order valence-corrected chi connectivity index (χ0v) is 9.57. The molecule has 15 heavy (non-hydrogen) atoms. The summed E-state index contributed by atoms with van der Waals surface area (Å²) in [4.78, 5) is 0. The lowest BCUT2D eigenvalue weighted by atomic mass is 10.1. The van der Waals surface area contributed by atoms with Gasteiger partial charge < -0.3 is 5.32 Å². The third-order valence-corrected chi connectivity index (χ3v) is 3.34.